The lowest BCUT2D eigenvalue weighted by Crippen LogP contribution is -2.21. The molecule has 110 valence electrons. The Labute approximate surface area is 123 Å². The molecule has 21 heavy (non-hydrogen) atoms. The molecule has 4 heteroatoms. The molecule has 0 aromatic heterocycles. The number of hydrogen-bond acceptors (Lipinski definition) is 3. The highest BCUT2D eigenvalue weighted by atomic mass is 19.1. The minimum Gasteiger partial charge on any atom is -0.508 e. The van der Waals surface area contributed by atoms with Crippen LogP contribution in [0.2, 0.25) is 0 Å². The molecule has 0 amide bonds. The molecule has 0 bridgehead atoms. The molecule has 2 aromatic carbocycles. The van der Waals surface area contributed by atoms with Gasteiger partial charge in [-0.15, -0.1) is 0 Å². The van der Waals surface area contributed by atoms with Gasteiger partial charge in [0.15, 0.2) is 5.78 Å². The van der Waals surface area contributed by atoms with Crippen molar-refractivity contribution in [2.45, 2.75) is 13.3 Å². The van der Waals surface area contributed by atoms with Crippen LogP contribution in [0.25, 0.3) is 0 Å². The number of ketones is 1. The molecule has 3 nitrogen and oxygen atoms in total. The van der Waals surface area contributed by atoms with E-state index < -0.39 is 0 Å². The number of carbonyl (C=O) groups is 1. The highest BCUT2D eigenvalue weighted by Gasteiger charge is 2.10. The van der Waals surface area contributed by atoms with Crippen molar-refractivity contribution in [1.29, 1.82) is 0 Å². The van der Waals surface area contributed by atoms with Gasteiger partial charge in [0, 0.05) is 31.3 Å². The molecule has 0 fully saturated rings. The van der Waals surface area contributed by atoms with Crippen LogP contribution in [0.4, 0.5) is 10.1 Å². The van der Waals surface area contributed by atoms with E-state index >= 15 is 0 Å². The Morgan fingerprint density at radius 2 is 1.86 bits per heavy atom. The molecular weight excluding hydrogens is 269 g/mol. The van der Waals surface area contributed by atoms with E-state index in [-0.39, 0.29) is 17.3 Å². The monoisotopic (exact) mass is 287 g/mol. The van der Waals surface area contributed by atoms with Crippen molar-refractivity contribution < 1.29 is 14.3 Å². The molecule has 0 radical (unpaired) electrons. The van der Waals surface area contributed by atoms with E-state index in [9.17, 15) is 14.3 Å². The minimum absolute atomic E-state index is 0.0838. The van der Waals surface area contributed by atoms with Crippen LogP contribution in [0, 0.1) is 12.7 Å². The maximum Gasteiger partial charge on any atom is 0.164 e. The van der Waals surface area contributed by atoms with Gasteiger partial charge >= 0.3 is 0 Å². The third kappa shape index (κ3) is 3.81. The van der Waals surface area contributed by atoms with Gasteiger partial charge in [-0.1, -0.05) is 12.1 Å². The maximum atomic E-state index is 13.5. The van der Waals surface area contributed by atoms with E-state index in [4.69, 9.17) is 0 Å². The number of aryl methyl sites for hydroxylation is 1. The number of benzene rings is 2. The first-order valence-electron chi connectivity index (χ1n) is 6.77. The first-order valence-corrected chi connectivity index (χ1v) is 6.77. The van der Waals surface area contributed by atoms with Crippen molar-refractivity contribution >= 4 is 11.5 Å². The molecule has 0 spiro atoms. The fraction of sp³-hybridized carbons (Fsp3) is 0.235. The lowest BCUT2D eigenvalue weighted by atomic mass is 10.1. The molecule has 0 atom stereocenters. The standard InChI is InChI=1S/C17H18FNO2/c1-12-3-4-13(11-16(12)18)17(21)9-10-19(2)14-5-7-15(20)8-6-14/h3-8,11,20H,9-10H2,1-2H3. The average molecular weight is 287 g/mol. The van der Waals surface area contributed by atoms with Crippen molar-refractivity contribution in [1.82, 2.24) is 0 Å². The fourth-order valence-corrected chi connectivity index (χ4v) is 2.02. The fourth-order valence-electron chi connectivity index (χ4n) is 2.02. The van der Waals surface area contributed by atoms with Crippen LogP contribution in [0.3, 0.4) is 0 Å². The summed E-state index contributed by atoms with van der Waals surface area (Å²) in [5, 5.41) is 9.25. The summed E-state index contributed by atoms with van der Waals surface area (Å²) in [6.45, 7) is 2.20. The SMILES string of the molecule is Cc1ccc(C(=O)CCN(C)c2ccc(O)cc2)cc1F. The topological polar surface area (TPSA) is 40.5 Å². The predicted molar refractivity (Wildman–Crippen MR) is 81.5 cm³/mol. The minimum atomic E-state index is -0.354. The summed E-state index contributed by atoms with van der Waals surface area (Å²) in [7, 11) is 1.87. The Bertz CT molecular complexity index is 638. The second-order valence-corrected chi connectivity index (χ2v) is 5.08. The van der Waals surface area contributed by atoms with E-state index in [1.165, 1.54) is 6.07 Å². The molecule has 0 unspecified atom stereocenters. The molecule has 0 aliphatic rings. The first-order chi connectivity index (χ1) is 9.97. The van der Waals surface area contributed by atoms with Crippen LogP contribution in [0.5, 0.6) is 5.75 Å². The number of rotatable bonds is 5. The number of Topliss-reactive ketones (excluding diaryl/α,β-unsaturated/α-hetero) is 1. The number of carbonyl (C=O) groups excluding carboxylic acids is 1. The summed E-state index contributed by atoms with van der Waals surface area (Å²) in [4.78, 5) is 14.0. The second-order valence-electron chi connectivity index (χ2n) is 5.08. The van der Waals surface area contributed by atoms with Gasteiger partial charge in [-0.2, -0.15) is 0 Å². The van der Waals surface area contributed by atoms with E-state index in [1.54, 1.807) is 43.3 Å². The number of aromatic hydroxyl groups is 1. The Hall–Kier alpha value is -2.36. The summed E-state index contributed by atoms with van der Waals surface area (Å²) < 4.78 is 13.5. The van der Waals surface area contributed by atoms with Crippen molar-refractivity contribution in [2.24, 2.45) is 0 Å². The van der Waals surface area contributed by atoms with E-state index in [2.05, 4.69) is 0 Å². The van der Waals surface area contributed by atoms with Crippen molar-refractivity contribution in [3.63, 3.8) is 0 Å². The van der Waals surface area contributed by atoms with Crippen LogP contribution >= 0.6 is 0 Å². The number of halogens is 1. The highest BCUT2D eigenvalue weighted by molar-refractivity contribution is 5.96. The van der Waals surface area contributed by atoms with E-state index in [1.807, 2.05) is 11.9 Å². The number of phenols is 1. The van der Waals surface area contributed by atoms with Crippen molar-refractivity contribution in [3.05, 3.63) is 59.4 Å². The molecule has 0 aliphatic heterocycles. The van der Waals surface area contributed by atoms with Crippen LogP contribution in [-0.2, 0) is 0 Å². The van der Waals surface area contributed by atoms with Crippen molar-refractivity contribution in [2.75, 3.05) is 18.5 Å². The highest BCUT2D eigenvalue weighted by Crippen LogP contribution is 2.18. The lowest BCUT2D eigenvalue weighted by Gasteiger charge is -2.18. The van der Waals surface area contributed by atoms with Gasteiger partial charge in [0.1, 0.15) is 11.6 Å². The number of hydrogen-bond donors (Lipinski definition) is 1. The lowest BCUT2D eigenvalue weighted by molar-refractivity contribution is 0.0984. The molecule has 2 rings (SSSR count). The summed E-state index contributed by atoms with van der Waals surface area (Å²) >= 11 is 0. The van der Waals surface area contributed by atoms with E-state index in [0.29, 0.717) is 24.1 Å². The van der Waals surface area contributed by atoms with Gasteiger partial charge in [-0.05, 0) is 42.8 Å². The summed E-state index contributed by atoms with van der Waals surface area (Å²) in [5.41, 5.74) is 1.85. The van der Waals surface area contributed by atoms with Gasteiger partial charge in [0.25, 0.3) is 0 Å². The van der Waals surface area contributed by atoms with Crippen LogP contribution in [-0.4, -0.2) is 24.5 Å². The Morgan fingerprint density at radius 1 is 1.19 bits per heavy atom. The van der Waals surface area contributed by atoms with Gasteiger partial charge in [0.05, 0.1) is 0 Å². The van der Waals surface area contributed by atoms with Gasteiger partial charge in [-0.25, -0.2) is 4.39 Å². The summed E-state index contributed by atoms with van der Waals surface area (Å²) in [6.07, 6.45) is 0.305. The molecule has 0 aliphatic carbocycles. The van der Waals surface area contributed by atoms with Crippen molar-refractivity contribution in [3.8, 4) is 5.75 Å². The quantitative estimate of drug-likeness (QED) is 0.855. The largest absolute Gasteiger partial charge is 0.508 e. The van der Waals surface area contributed by atoms with Gasteiger partial charge < -0.3 is 10.0 Å². The number of nitrogens with zero attached hydrogens (tertiary/aromatic N) is 1. The third-order valence-electron chi connectivity index (χ3n) is 3.46. The normalized spacial score (nSPS) is 10.4. The predicted octanol–water partition coefficient (Wildman–Crippen LogP) is 3.55. The zero-order chi connectivity index (χ0) is 15.4. The Kier molecular flexibility index (Phi) is 4.58. The van der Waals surface area contributed by atoms with Crippen LogP contribution in [0.1, 0.15) is 22.3 Å². The third-order valence-corrected chi connectivity index (χ3v) is 3.46. The Balaban J connectivity index is 1.97. The zero-order valence-corrected chi connectivity index (χ0v) is 12.1. The molecule has 1 N–H and O–H groups in total. The molecule has 0 saturated heterocycles. The zero-order valence-electron chi connectivity index (χ0n) is 12.1. The molecular formula is C17H18FNO2. The van der Waals surface area contributed by atoms with Crippen LogP contribution < -0.4 is 4.90 Å². The van der Waals surface area contributed by atoms with Gasteiger partial charge in [-0.3, -0.25) is 4.79 Å². The molecule has 0 heterocycles. The van der Waals surface area contributed by atoms with Gasteiger partial charge in [0.2, 0.25) is 0 Å². The average Bonchev–Trinajstić information content (AvgIpc) is 2.48. The second kappa shape index (κ2) is 6.39. The maximum absolute atomic E-state index is 13.5. The number of phenolic OH excluding ortho intramolecular Hbond substituents is 1. The van der Waals surface area contributed by atoms with Crippen LogP contribution in [0.15, 0.2) is 42.5 Å². The smallest absolute Gasteiger partial charge is 0.164 e. The first kappa shape index (κ1) is 15.0. The summed E-state index contributed by atoms with van der Waals surface area (Å²) in [6, 6.07) is 11.3. The Morgan fingerprint density at radius 3 is 2.48 bits per heavy atom. The molecule has 0 saturated carbocycles. The number of anilines is 1. The summed E-state index contributed by atoms with van der Waals surface area (Å²) in [5.74, 6) is -0.231. The van der Waals surface area contributed by atoms with E-state index in [0.717, 1.165) is 5.69 Å². The molecule has 2 aromatic rings.